The average molecular weight is 262 g/mol. The minimum atomic E-state index is 0.904. The number of aryl methyl sites for hydroxylation is 1. The number of hydrogen-bond acceptors (Lipinski definition) is 2. The summed E-state index contributed by atoms with van der Waals surface area (Å²) in [6.45, 7) is 0.904. The van der Waals surface area contributed by atoms with E-state index < -0.39 is 0 Å². The Balaban J connectivity index is 1.98. The summed E-state index contributed by atoms with van der Waals surface area (Å²) >= 11 is 0. The molecular weight excluding hydrogens is 250 g/mol. The van der Waals surface area contributed by atoms with Crippen molar-refractivity contribution < 1.29 is 4.57 Å². The van der Waals surface area contributed by atoms with Crippen LogP contribution in [0, 0.1) is 0 Å². The molecule has 4 aromatic heterocycles. The normalized spacial score (nSPS) is 13.1. The van der Waals surface area contributed by atoms with Gasteiger partial charge in [-0.15, -0.1) is 0 Å². The Morgan fingerprint density at radius 2 is 2.15 bits per heavy atom. The number of fused-ring (bicyclic) bond motifs is 7. The first kappa shape index (κ1) is 10.1. The molecule has 5 heteroatoms. The van der Waals surface area contributed by atoms with Gasteiger partial charge in [0.05, 0.1) is 18.8 Å². The predicted molar refractivity (Wildman–Crippen MR) is 74.2 cm³/mol. The van der Waals surface area contributed by atoms with Crippen molar-refractivity contribution >= 4 is 16.6 Å². The zero-order valence-corrected chi connectivity index (χ0v) is 11.0. The number of imidazole rings is 1. The zero-order chi connectivity index (χ0) is 13.3. The van der Waals surface area contributed by atoms with Crippen LogP contribution < -0.4 is 4.57 Å². The van der Waals surface area contributed by atoms with Gasteiger partial charge in [-0.1, -0.05) is 0 Å². The van der Waals surface area contributed by atoms with E-state index in [0.717, 1.165) is 12.1 Å². The summed E-state index contributed by atoms with van der Waals surface area (Å²) in [5.74, 6) is 1.23. The molecule has 20 heavy (non-hydrogen) atoms. The van der Waals surface area contributed by atoms with Crippen molar-refractivity contribution in [2.24, 2.45) is 7.05 Å². The van der Waals surface area contributed by atoms with E-state index in [4.69, 9.17) is 0 Å². The summed E-state index contributed by atoms with van der Waals surface area (Å²) in [6.07, 6.45) is 7.74. The van der Waals surface area contributed by atoms with Crippen LogP contribution in [0.4, 0.5) is 0 Å². The number of nitrogens with zero attached hydrogens (tertiary/aromatic N) is 5. The van der Waals surface area contributed by atoms with Gasteiger partial charge in [-0.25, -0.2) is 13.6 Å². The second kappa shape index (κ2) is 3.25. The van der Waals surface area contributed by atoms with Crippen molar-refractivity contribution in [3.05, 3.63) is 48.5 Å². The molecule has 1 aliphatic rings. The number of hydrogen-bond donors (Lipinski definition) is 0. The van der Waals surface area contributed by atoms with Crippen molar-refractivity contribution in [2.75, 3.05) is 0 Å². The Morgan fingerprint density at radius 3 is 3.10 bits per heavy atom. The topological polar surface area (TPSA) is 39.0 Å². The van der Waals surface area contributed by atoms with Crippen LogP contribution in [0.15, 0.2) is 43.0 Å². The molecule has 4 aromatic rings. The molecule has 0 atom stereocenters. The van der Waals surface area contributed by atoms with Crippen LogP contribution in [-0.2, 0) is 13.6 Å². The SMILES string of the molecule is C[n+]1c2n(c3cn4ncccc4c31)Cc1ccncc1-2. The van der Waals surface area contributed by atoms with Crippen molar-refractivity contribution in [1.82, 2.24) is 19.2 Å². The van der Waals surface area contributed by atoms with Crippen molar-refractivity contribution in [1.29, 1.82) is 0 Å². The summed E-state index contributed by atoms with van der Waals surface area (Å²) in [4.78, 5) is 4.27. The molecule has 0 aliphatic carbocycles. The van der Waals surface area contributed by atoms with Crippen molar-refractivity contribution in [3.8, 4) is 11.4 Å². The second-order valence-corrected chi connectivity index (χ2v) is 5.22. The maximum atomic E-state index is 4.38. The number of aromatic nitrogens is 5. The van der Waals surface area contributed by atoms with Gasteiger partial charge in [-0.3, -0.25) is 4.98 Å². The summed E-state index contributed by atoms with van der Waals surface area (Å²) in [5.41, 5.74) is 6.14. The van der Waals surface area contributed by atoms with Gasteiger partial charge in [0.1, 0.15) is 12.1 Å². The average Bonchev–Trinajstić information content (AvgIpc) is 3.10. The van der Waals surface area contributed by atoms with Gasteiger partial charge in [0.25, 0.3) is 5.82 Å². The Bertz CT molecular complexity index is 992. The number of pyridine rings is 1. The molecule has 96 valence electrons. The lowest BCUT2D eigenvalue weighted by Crippen LogP contribution is -2.29. The summed E-state index contributed by atoms with van der Waals surface area (Å²) in [6, 6.07) is 6.19. The van der Waals surface area contributed by atoms with Gasteiger partial charge in [-0.2, -0.15) is 5.10 Å². The van der Waals surface area contributed by atoms with Gasteiger partial charge in [0, 0.05) is 24.2 Å². The lowest BCUT2D eigenvalue weighted by atomic mass is 10.2. The third-order valence-electron chi connectivity index (χ3n) is 4.19. The van der Waals surface area contributed by atoms with E-state index in [9.17, 15) is 0 Å². The Morgan fingerprint density at radius 1 is 1.20 bits per heavy atom. The first-order chi connectivity index (χ1) is 9.84. The summed E-state index contributed by atoms with van der Waals surface area (Å²) < 4.78 is 6.54. The van der Waals surface area contributed by atoms with Gasteiger partial charge < -0.3 is 0 Å². The molecule has 0 saturated carbocycles. The third-order valence-corrected chi connectivity index (χ3v) is 4.19. The van der Waals surface area contributed by atoms with Gasteiger partial charge in [-0.05, 0) is 18.2 Å². The quantitative estimate of drug-likeness (QED) is 0.397. The highest BCUT2D eigenvalue weighted by molar-refractivity contribution is 5.91. The van der Waals surface area contributed by atoms with Crippen LogP contribution >= 0.6 is 0 Å². The minimum Gasteiger partial charge on any atom is -0.264 e. The van der Waals surface area contributed by atoms with Crippen LogP contribution in [-0.4, -0.2) is 19.2 Å². The van der Waals surface area contributed by atoms with Crippen LogP contribution in [0.5, 0.6) is 0 Å². The Kier molecular flexibility index (Phi) is 1.65. The maximum absolute atomic E-state index is 4.38. The first-order valence-electron chi connectivity index (χ1n) is 6.62. The molecule has 0 unspecified atom stereocenters. The van der Waals surface area contributed by atoms with Crippen LogP contribution in [0.3, 0.4) is 0 Å². The monoisotopic (exact) mass is 262 g/mol. The van der Waals surface area contributed by atoms with Crippen molar-refractivity contribution in [2.45, 2.75) is 6.54 Å². The van der Waals surface area contributed by atoms with Crippen LogP contribution in [0.25, 0.3) is 27.9 Å². The van der Waals surface area contributed by atoms with E-state index >= 15 is 0 Å². The van der Waals surface area contributed by atoms with Gasteiger partial charge in [0.2, 0.25) is 5.52 Å². The fourth-order valence-electron chi connectivity index (χ4n) is 3.34. The van der Waals surface area contributed by atoms with Crippen molar-refractivity contribution in [3.63, 3.8) is 0 Å². The zero-order valence-electron chi connectivity index (χ0n) is 11.0. The lowest BCUT2D eigenvalue weighted by molar-refractivity contribution is -0.633. The predicted octanol–water partition coefficient (Wildman–Crippen LogP) is 1.54. The molecule has 0 N–H and O–H groups in total. The molecular formula is C15H12N5+. The molecule has 5 heterocycles. The van der Waals surface area contributed by atoms with Crippen LogP contribution in [0.1, 0.15) is 5.56 Å². The molecule has 0 aromatic carbocycles. The fourth-order valence-corrected chi connectivity index (χ4v) is 3.34. The number of rotatable bonds is 0. The Hall–Kier alpha value is -2.69. The molecule has 0 amide bonds. The summed E-state index contributed by atoms with van der Waals surface area (Å²) in [5, 5.41) is 4.38. The minimum absolute atomic E-state index is 0.904. The standard InChI is InChI=1S/C15H12N5/c1-18-14-12-3-2-5-17-20(12)9-13(14)19-8-10-4-6-16-7-11(10)15(18)19/h2-7,9H,8H2,1H3/q+1. The summed E-state index contributed by atoms with van der Waals surface area (Å²) in [7, 11) is 2.11. The molecule has 1 aliphatic heterocycles. The molecule has 0 radical (unpaired) electrons. The Labute approximate surface area is 114 Å². The largest absolute Gasteiger partial charge is 0.292 e. The van der Waals surface area contributed by atoms with E-state index in [2.05, 4.69) is 44.6 Å². The highest BCUT2D eigenvalue weighted by Gasteiger charge is 2.34. The van der Waals surface area contributed by atoms with E-state index in [1.807, 2.05) is 29.2 Å². The highest BCUT2D eigenvalue weighted by atomic mass is 15.3. The smallest absolute Gasteiger partial charge is 0.264 e. The molecule has 5 nitrogen and oxygen atoms in total. The van der Waals surface area contributed by atoms with E-state index in [-0.39, 0.29) is 0 Å². The van der Waals surface area contributed by atoms with E-state index in [1.54, 1.807) is 0 Å². The maximum Gasteiger partial charge on any atom is 0.292 e. The van der Waals surface area contributed by atoms with Crippen LogP contribution in [0.2, 0.25) is 0 Å². The lowest BCUT2D eigenvalue weighted by Gasteiger charge is -1.95. The molecule has 0 saturated heterocycles. The fraction of sp³-hybridized carbons (Fsp3) is 0.133. The first-order valence-corrected chi connectivity index (χ1v) is 6.62. The van der Waals surface area contributed by atoms with Gasteiger partial charge in [0.15, 0.2) is 5.52 Å². The second-order valence-electron chi connectivity index (χ2n) is 5.22. The van der Waals surface area contributed by atoms with Gasteiger partial charge >= 0.3 is 0 Å². The van der Waals surface area contributed by atoms with E-state index in [1.165, 1.54) is 28.0 Å². The third kappa shape index (κ3) is 1.02. The molecule has 0 bridgehead atoms. The van der Waals surface area contributed by atoms with E-state index in [0.29, 0.717) is 0 Å². The highest BCUT2D eigenvalue weighted by Crippen LogP contribution is 2.33. The molecule has 0 fully saturated rings. The molecule has 0 spiro atoms. The molecule has 5 rings (SSSR count).